The number of likely N-dealkylation sites (tertiary alicyclic amines) is 1. The maximum atomic E-state index is 11.6. The number of nitrogens with one attached hydrogen (secondary N) is 1. The van der Waals surface area contributed by atoms with Gasteiger partial charge in [0, 0.05) is 23.5 Å². The molecule has 2 rings (SSSR count). The number of nitrogens with two attached hydrogens (primary N) is 1. The van der Waals surface area contributed by atoms with Crippen LogP contribution >= 0.6 is 11.3 Å². The van der Waals surface area contributed by atoms with Crippen LogP contribution in [0.2, 0.25) is 0 Å². The van der Waals surface area contributed by atoms with Gasteiger partial charge in [0.25, 0.3) is 5.91 Å². The normalized spacial score (nSPS) is 24.4. The first kappa shape index (κ1) is 14.5. The highest BCUT2D eigenvalue weighted by molar-refractivity contribution is 7.14. The number of hydrogen-bond acceptors (Lipinski definition) is 4. The summed E-state index contributed by atoms with van der Waals surface area (Å²) >= 11 is 1.52. The molecule has 0 unspecified atom stereocenters. The predicted octanol–water partition coefficient (Wildman–Crippen LogP) is 2.42. The molecule has 1 saturated heterocycles. The van der Waals surface area contributed by atoms with Crippen molar-refractivity contribution in [2.24, 2.45) is 5.84 Å². The summed E-state index contributed by atoms with van der Waals surface area (Å²) in [6.07, 6.45) is 3.86. The number of carbonyl (C=O) groups is 1. The van der Waals surface area contributed by atoms with E-state index in [1.54, 1.807) is 0 Å². The van der Waals surface area contributed by atoms with Crippen LogP contribution in [-0.2, 0) is 6.54 Å². The molecule has 0 bridgehead atoms. The van der Waals surface area contributed by atoms with Crippen molar-refractivity contribution in [1.29, 1.82) is 0 Å². The van der Waals surface area contributed by atoms with Gasteiger partial charge in [-0.15, -0.1) is 11.3 Å². The molecule has 2 heterocycles. The zero-order chi connectivity index (χ0) is 14.0. The van der Waals surface area contributed by atoms with Crippen molar-refractivity contribution in [1.82, 2.24) is 10.3 Å². The number of thiophene rings is 1. The molecule has 1 aliphatic rings. The summed E-state index contributed by atoms with van der Waals surface area (Å²) < 4.78 is 0. The van der Waals surface area contributed by atoms with Gasteiger partial charge in [0.1, 0.15) is 0 Å². The van der Waals surface area contributed by atoms with Crippen LogP contribution in [0.25, 0.3) is 0 Å². The molecule has 1 amide bonds. The van der Waals surface area contributed by atoms with E-state index >= 15 is 0 Å². The molecule has 5 heteroatoms. The SMILES string of the molecule is Cc1sc(C(=O)NN)cc1CN1[C@H](C)CCC[C@@H]1C. The zero-order valence-electron chi connectivity index (χ0n) is 11.9. The Morgan fingerprint density at radius 1 is 1.47 bits per heavy atom. The second-order valence-corrected chi connectivity index (χ2v) is 6.72. The predicted molar refractivity (Wildman–Crippen MR) is 79.0 cm³/mol. The van der Waals surface area contributed by atoms with Crippen LogP contribution in [0.3, 0.4) is 0 Å². The highest BCUT2D eigenvalue weighted by Gasteiger charge is 2.25. The van der Waals surface area contributed by atoms with Crippen LogP contribution in [0.15, 0.2) is 6.07 Å². The van der Waals surface area contributed by atoms with Crippen LogP contribution in [0.5, 0.6) is 0 Å². The lowest BCUT2D eigenvalue weighted by Crippen LogP contribution is -2.43. The van der Waals surface area contributed by atoms with E-state index in [2.05, 4.69) is 31.1 Å². The Morgan fingerprint density at radius 2 is 2.11 bits per heavy atom. The maximum Gasteiger partial charge on any atom is 0.275 e. The molecule has 0 spiro atoms. The number of rotatable bonds is 3. The Balaban J connectivity index is 2.14. The molecule has 1 fully saturated rings. The fourth-order valence-corrected chi connectivity index (χ4v) is 3.78. The molecule has 2 atom stereocenters. The van der Waals surface area contributed by atoms with E-state index in [1.165, 1.54) is 41.0 Å². The third-order valence-electron chi connectivity index (χ3n) is 4.10. The van der Waals surface area contributed by atoms with E-state index in [0.717, 1.165) is 6.54 Å². The largest absolute Gasteiger partial charge is 0.294 e. The molecule has 1 aromatic rings. The molecule has 0 aromatic carbocycles. The first-order chi connectivity index (χ1) is 9.02. The number of amides is 1. The van der Waals surface area contributed by atoms with Crippen molar-refractivity contribution in [2.75, 3.05) is 0 Å². The zero-order valence-corrected chi connectivity index (χ0v) is 12.7. The van der Waals surface area contributed by atoms with Gasteiger partial charge in [-0.2, -0.15) is 0 Å². The Labute approximate surface area is 118 Å². The molecule has 106 valence electrons. The van der Waals surface area contributed by atoms with Crippen molar-refractivity contribution in [3.05, 3.63) is 21.4 Å². The number of carbonyl (C=O) groups excluding carboxylic acids is 1. The Hall–Kier alpha value is -0.910. The average Bonchev–Trinajstić information content (AvgIpc) is 2.74. The van der Waals surface area contributed by atoms with E-state index in [4.69, 9.17) is 5.84 Å². The highest BCUT2D eigenvalue weighted by atomic mass is 32.1. The fraction of sp³-hybridized carbons (Fsp3) is 0.643. The molecular formula is C14H23N3OS. The first-order valence-electron chi connectivity index (χ1n) is 6.89. The van der Waals surface area contributed by atoms with Crippen LogP contribution in [0, 0.1) is 6.92 Å². The first-order valence-corrected chi connectivity index (χ1v) is 7.70. The van der Waals surface area contributed by atoms with E-state index in [1.807, 2.05) is 6.07 Å². The monoisotopic (exact) mass is 281 g/mol. The molecule has 4 nitrogen and oxygen atoms in total. The molecule has 3 N–H and O–H groups in total. The molecule has 0 saturated carbocycles. The minimum atomic E-state index is -0.195. The topological polar surface area (TPSA) is 58.4 Å². The summed E-state index contributed by atoms with van der Waals surface area (Å²) in [7, 11) is 0. The van der Waals surface area contributed by atoms with E-state index < -0.39 is 0 Å². The molecule has 19 heavy (non-hydrogen) atoms. The Bertz CT molecular complexity index is 448. The van der Waals surface area contributed by atoms with Crippen molar-refractivity contribution in [2.45, 2.75) is 58.7 Å². The van der Waals surface area contributed by atoms with Crippen LogP contribution in [-0.4, -0.2) is 22.9 Å². The van der Waals surface area contributed by atoms with E-state index in [9.17, 15) is 4.79 Å². The van der Waals surface area contributed by atoms with Crippen LogP contribution in [0.1, 0.15) is 53.2 Å². The van der Waals surface area contributed by atoms with Crippen molar-refractivity contribution >= 4 is 17.2 Å². The number of hydrazine groups is 1. The molecule has 1 aromatic heterocycles. The minimum absolute atomic E-state index is 0.195. The van der Waals surface area contributed by atoms with Gasteiger partial charge in [0.05, 0.1) is 4.88 Å². The van der Waals surface area contributed by atoms with Gasteiger partial charge in [-0.05, 0) is 45.2 Å². The smallest absolute Gasteiger partial charge is 0.275 e. The average molecular weight is 281 g/mol. The summed E-state index contributed by atoms with van der Waals surface area (Å²) in [4.78, 5) is 16.0. The quantitative estimate of drug-likeness (QED) is 0.508. The van der Waals surface area contributed by atoms with Gasteiger partial charge in [-0.1, -0.05) is 6.42 Å². The number of hydrogen-bond donors (Lipinski definition) is 2. The van der Waals surface area contributed by atoms with E-state index in [0.29, 0.717) is 17.0 Å². The third kappa shape index (κ3) is 3.16. The van der Waals surface area contributed by atoms with Crippen LogP contribution < -0.4 is 11.3 Å². The Kier molecular flexibility index (Phi) is 4.60. The number of nitrogens with zero attached hydrogens (tertiary/aromatic N) is 1. The lowest BCUT2D eigenvalue weighted by atomic mass is 9.97. The second-order valence-electron chi connectivity index (χ2n) is 5.47. The van der Waals surface area contributed by atoms with E-state index in [-0.39, 0.29) is 5.91 Å². The van der Waals surface area contributed by atoms with Gasteiger partial charge >= 0.3 is 0 Å². The van der Waals surface area contributed by atoms with Crippen molar-refractivity contribution in [3.8, 4) is 0 Å². The van der Waals surface area contributed by atoms with Crippen molar-refractivity contribution in [3.63, 3.8) is 0 Å². The molecule has 0 radical (unpaired) electrons. The summed E-state index contributed by atoms with van der Waals surface area (Å²) in [6, 6.07) is 3.22. The standard InChI is InChI=1S/C14H23N3OS/c1-9-5-4-6-10(2)17(9)8-12-7-13(14(18)16-15)19-11(12)3/h7,9-10H,4-6,8,15H2,1-3H3,(H,16,18)/t9-,10+. The number of aryl methyl sites for hydroxylation is 1. The van der Waals surface area contributed by atoms with Gasteiger partial charge < -0.3 is 0 Å². The summed E-state index contributed by atoms with van der Waals surface area (Å²) in [5, 5.41) is 0. The summed E-state index contributed by atoms with van der Waals surface area (Å²) in [6.45, 7) is 7.60. The number of piperidine rings is 1. The fourth-order valence-electron chi connectivity index (χ4n) is 2.84. The summed E-state index contributed by atoms with van der Waals surface area (Å²) in [5.74, 6) is 4.99. The van der Waals surface area contributed by atoms with Gasteiger partial charge in [-0.25, -0.2) is 5.84 Å². The lowest BCUT2D eigenvalue weighted by molar-refractivity contribution is 0.0946. The molecular weight excluding hydrogens is 258 g/mol. The Morgan fingerprint density at radius 3 is 2.68 bits per heavy atom. The van der Waals surface area contributed by atoms with Crippen molar-refractivity contribution < 1.29 is 4.79 Å². The second kappa shape index (κ2) is 6.03. The third-order valence-corrected chi connectivity index (χ3v) is 5.20. The van der Waals surface area contributed by atoms with Gasteiger partial charge in [0.2, 0.25) is 0 Å². The number of nitrogen functional groups attached to an aromatic ring is 1. The van der Waals surface area contributed by atoms with Gasteiger partial charge in [0.15, 0.2) is 0 Å². The molecule has 1 aliphatic heterocycles. The van der Waals surface area contributed by atoms with Crippen LogP contribution in [0.4, 0.5) is 0 Å². The minimum Gasteiger partial charge on any atom is -0.294 e. The molecule has 0 aliphatic carbocycles. The lowest BCUT2D eigenvalue weighted by Gasteiger charge is -2.39. The van der Waals surface area contributed by atoms with Gasteiger partial charge in [-0.3, -0.25) is 15.1 Å². The maximum absolute atomic E-state index is 11.6. The highest BCUT2D eigenvalue weighted by Crippen LogP contribution is 2.28. The summed E-state index contributed by atoms with van der Waals surface area (Å²) in [5.41, 5.74) is 3.45.